The zero-order valence-electron chi connectivity index (χ0n) is 11.6. The molecule has 114 valence electrons. The molecule has 0 aliphatic heterocycles. The second-order valence-corrected chi connectivity index (χ2v) is 5.90. The lowest BCUT2D eigenvalue weighted by molar-refractivity contribution is -0.133. The van der Waals surface area contributed by atoms with Crippen LogP contribution in [0, 0.1) is 0 Å². The van der Waals surface area contributed by atoms with E-state index in [2.05, 4.69) is 6.58 Å². The van der Waals surface area contributed by atoms with E-state index in [0.717, 1.165) is 5.56 Å². The largest absolute Gasteiger partial charge is 0.426 e. The van der Waals surface area contributed by atoms with Gasteiger partial charge in [0.1, 0.15) is 5.75 Å². The fraction of sp³-hybridized carbons (Fsp3) is 0.0625. The smallest absolute Gasteiger partial charge is 0.315 e. The van der Waals surface area contributed by atoms with E-state index in [1.54, 1.807) is 36.4 Å². The molecule has 5 nitrogen and oxygen atoms in total. The average Bonchev–Trinajstić information content (AvgIpc) is 2.47. The lowest BCUT2D eigenvalue weighted by Crippen LogP contribution is -2.14. The highest BCUT2D eigenvalue weighted by Gasteiger charge is 2.17. The Hall–Kier alpha value is -2.44. The van der Waals surface area contributed by atoms with E-state index in [4.69, 9.17) is 9.29 Å². The van der Waals surface area contributed by atoms with E-state index in [9.17, 15) is 13.2 Å². The number of carbonyl (C=O) groups excluding carboxylic acids is 1. The van der Waals surface area contributed by atoms with Crippen LogP contribution in [0.25, 0.3) is 6.08 Å². The third-order valence-electron chi connectivity index (χ3n) is 2.93. The number of hydrogen-bond acceptors (Lipinski definition) is 4. The van der Waals surface area contributed by atoms with Crippen molar-refractivity contribution in [2.24, 2.45) is 0 Å². The molecule has 0 saturated carbocycles. The van der Waals surface area contributed by atoms with Crippen LogP contribution in [0.1, 0.15) is 11.1 Å². The van der Waals surface area contributed by atoms with Crippen molar-refractivity contribution in [3.8, 4) is 5.75 Å². The molecule has 0 fully saturated rings. The van der Waals surface area contributed by atoms with Gasteiger partial charge >= 0.3 is 5.97 Å². The molecule has 0 amide bonds. The summed E-state index contributed by atoms with van der Waals surface area (Å²) in [6, 6.07) is 12.4. The molecule has 6 heteroatoms. The summed E-state index contributed by atoms with van der Waals surface area (Å²) in [5.74, 6) is -0.276. The number of rotatable bonds is 5. The van der Waals surface area contributed by atoms with Gasteiger partial charge in [-0.2, -0.15) is 8.42 Å². The van der Waals surface area contributed by atoms with E-state index in [1.165, 1.54) is 18.2 Å². The Morgan fingerprint density at radius 1 is 1.14 bits per heavy atom. The zero-order valence-corrected chi connectivity index (χ0v) is 12.4. The molecule has 2 aromatic rings. The predicted octanol–water partition coefficient (Wildman–Crippen LogP) is 2.72. The van der Waals surface area contributed by atoms with Gasteiger partial charge in [0.05, 0.1) is 11.3 Å². The lowest BCUT2D eigenvalue weighted by Gasteiger charge is -2.07. The monoisotopic (exact) mass is 318 g/mol. The first-order valence-corrected chi connectivity index (χ1v) is 7.83. The summed E-state index contributed by atoms with van der Waals surface area (Å²) in [6.07, 6.45) is 1.40. The van der Waals surface area contributed by atoms with Crippen LogP contribution < -0.4 is 4.74 Å². The molecule has 2 rings (SSSR count). The van der Waals surface area contributed by atoms with Crippen molar-refractivity contribution in [3.63, 3.8) is 0 Å². The van der Waals surface area contributed by atoms with Gasteiger partial charge in [-0.25, -0.2) is 0 Å². The highest BCUT2D eigenvalue weighted by atomic mass is 32.2. The minimum absolute atomic E-state index is 0.178. The Labute approximate surface area is 128 Å². The summed E-state index contributed by atoms with van der Waals surface area (Å²) in [5.41, 5.74) is 1.06. The van der Waals surface area contributed by atoms with Gasteiger partial charge in [0, 0.05) is 0 Å². The fourth-order valence-corrected chi connectivity index (χ4v) is 2.62. The summed E-state index contributed by atoms with van der Waals surface area (Å²) >= 11 is 0. The summed E-state index contributed by atoms with van der Waals surface area (Å²) in [7, 11) is -4.38. The number of carbonyl (C=O) groups is 1. The summed E-state index contributed by atoms with van der Waals surface area (Å²) in [4.78, 5) is 11.6. The molecule has 1 N–H and O–H groups in total. The molecule has 22 heavy (non-hydrogen) atoms. The van der Waals surface area contributed by atoms with E-state index in [1.807, 2.05) is 0 Å². The van der Waals surface area contributed by atoms with Crippen LogP contribution in [0.4, 0.5) is 0 Å². The van der Waals surface area contributed by atoms with Crippen LogP contribution in [-0.4, -0.2) is 18.9 Å². The van der Waals surface area contributed by atoms with E-state index in [0.29, 0.717) is 5.75 Å². The average molecular weight is 318 g/mol. The van der Waals surface area contributed by atoms with Gasteiger partial charge in [-0.3, -0.25) is 9.35 Å². The molecular formula is C16H14O5S. The minimum Gasteiger partial charge on any atom is -0.426 e. The summed E-state index contributed by atoms with van der Waals surface area (Å²) in [6.45, 7) is 3.62. The van der Waals surface area contributed by atoms with Crippen LogP contribution >= 0.6 is 0 Å². The Morgan fingerprint density at radius 3 is 2.36 bits per heavy atom. The van der Waals surface area contributed by atoms with Gasteiger partial charge in [-0.15, -0.1) is 0 Å². The molecule has 0 spiro atoms. The molecule has 2 aromatic carbocycles. The first-order valence-electron chi connectivity index (χ1n) is 6.39. The molecular weight excluding hydrogens is 304 g/mol. The molecule has 0 heterocycles. The Balaban J connectivity index is 2.14. The topological polar surface area (TPSA) is 80.7 Å². The van der Waals surface area contributed by atoms with Crippen molar-refractivity contribution in [2.75, 3.05) is 0 Å². The molecule has 0 aromatic heterocycles. The highest BCUT2D eigenvalue weighted by molar-refractivity contribution is 7.85. The third kappa shape index (κ3) is 4.03. The van der Waals surface area contributed by atoms with Crippen molar-refractivity contribution in [1.82, 2.24) is 0 Å². The van der Waals surface area contributed by atoms with Crippen molar-refractivity contribution < 1.29 is 22.5 Å². The predicted molar refractivity (Wildman–Crippen MR) is 82.1 cm³/mol. The third-order valence-corrected chi connectivity index (χ3v) is 3.89. The van der Waals surface area contributed by atoms with Crippen molar-refractivity contribution in [1.29, 1.82) is 0 Å². The normalized spacial score (nSPS) is 11.0. The first-order chi connectivity index (χ1) is 10.4. The molecule has 0 saturated heterocycles. The van der Waals surface area contributed by atoms with Gasteiger partial charge in [-0.05, 0) is 29.3 Å². The lowest BCUT2D eigenvalue weighted by atomic mass is 10.1. The Morgan fingerprint density at radius 2 is 1.77 bits per heavy atom. The molecule has 0 aliphatic carbocycles. The minimum atomic E-state index is -4.38. The molecule has 0 unspecified atom stereocenters. The van der Waals surface area contributed by atoms with Crippen LogP contribution in [0.5, 0.6) is 5.75 Å². The molecule has 0 radical (unpaired) electrons. The van der Waals surface area contributed by atoms with E-state index >= 15 is 0 Å². The van der Waals surface area contributed by atoms with Gasteiger partial charge in [0.15, 0.2) is 0 Å². The summed E-state index contributed by atoms with van der Waals surface area (Å²) in [5, 5.41) is 0. The van der Waals surface area contributed by atoms with Gasteiger partial charge < -0.3 is 4.74 Å². The standard InChI is InChI=1S/C16H14O5S/c1-2-12-7-9-14(10-8-12)21-16(17)11-13-5-3-4-6-15(13)22(18,19)20/h2-10H,1,11H2,(H,18,19,20). The van der Waals surface area contributed by atoms with Gasteiger partial charge in [0.2, 0.25) is 0 Å². The second kappa shape index (κ2) is 6.55. The maximum Gasteiger partial charge on any atom is 0.315 e. The molecule has 0 aliphatic rings. The van der Waals surface area contributed by atoms with E-state index in [-0.39, 0.29) is 16.9 Å². The maximum atomic E-state index is 11.9. The Kier molecular flexibility index (Phi) is 4.75. The van der Waals surface area contributed by atoms with Crippen LogP contribution in [0.2, 0.25) is 0 Å². The number of hydrogen-bond donors (Lipinski definition) is 1. The van der Waals surface area contributed by atoms with Crippen molar-refractivity contribution >= 4 is 22.2 Å². The quantitative estimate of drug-likeness (QED) is 0.521. The highest BCUT2D eigenvalue weighted by Crippen LogP contribution is 2.18. The maximum absolute atomic E-state index is 11.9. The van der Waals surface area contributed by atoms with Crippen LogP contribution in [-0.2, 0) is 21.3 Å². The van der Waals surface area contributed by atoms with Gasteiger partial charge in [-0.1, -0.05) is 43.0 Å². The number of esters is 1. The van der Waals surface area contributed by atoms with E-state index < -0.39 is 16.1 Å². The van der Waals surface area contributed by atoms with Crippen molar-refractivity contribution in [2.45, 2.75) is 11.3 Å². The number of benzene rings is 2. The Bertz CT molecular complexity index is 792. The first kappa shape index (κ1) is 15.9. The fourth-order valence-electron chi connectivity index (χ4n) is 1.90. The van der Waals surface area contributed by atoms with Crippen LogP contribution in [0.3, 0.4) is 0 Å². The van der Waals surface area contributed by atoms with Crippen LogP contribution in [0.15, 0.2) is 60.0 Å². The zero-order chi connectivity index (χ0) is 16.2. The molecule has 0 atom stereocenters. The SMILES string of the molecule is C=Cc1ccc(OC(=O)Cc2ccccc2S(=O)(=O)O)cc1. The summed E-state index contributed by atoms with van der Waals surface area (Å²) < 4.78 is 36.8. The molecule has 0 bridgehead atoms. The second-order valence-electron chi connectivity index (χ2n) is 4.51. The van der Waals surface area contributed by atoms with Gasteiger partial charge in [0.25, 0.3) is 10.1 Å². The number of ether oxygens (including phenoxy) is 1. The van der Waals surface area contributed by atoms with Crippen molar-refractivity contribution in [3.05, 3.63) is 66.2 Å².